The normalized spacial score (nSPS) is 13.7. The number of nitrogens with one attached hydrogen (secondary N) is 2. The van der Waals surface area contributed by atoms with Gasteiger partial charge in [0.15, 0.2) is 0 Å². The van der Waals surface area contributed by atoms with Gasteiger partial charge in [-0.25, -0.2) is 9.78 Å². The predicted octanol–water partition coefficient (Wildman–Crippen LogP) is 0.780. The molecular formula is C12H19N3O3S. The maximum atomic E-state index is 11.5. The van der Waals surface area contributed by atoms with Crippen molar-refractivity contribution < 1.29 is 14.3 Å². The lowest BCUT2D eigenvalue weighted by Crippen LogP contribution is -2.47. The van der Waals surface area contributed by atoms with Gasteiger partial charge in [0.25, 0.3) is 0 Å². The highest BCUT2D eigenvalue weighted by atomic mass is 32.1. The third kappa shape index (κ3) is 4.96. The van der Waals surface area contributed by atoms with Gasteiger partial charge in [-0.2, -0.15) is 0 Å². The van der Waals surface area contributed by atoms with Crippen LogP contribution >= 0.6 is 11.3 Å². The zero-order valence-electron chi connectivity index (χ0n) is 11.5. The topological polar surface area (TPSA) is 80.3 Å². The number of ether oxygens (including phenoxy) is 1. The van der Waals surface area contributed by atoms with Crippen molar-refractivity contribution in [3.8, 4) is 0 Å². The van der Waals surface area contributed by atoms with E-state index in [0.29, 0.717) is 6.54 Å². The zero-order valence-corrected chi connectivity index (χ0v) is 12.3. The molecule has 1 aromatic rings. The number of aryl methyl sites for hydroxylation is 1. The SMILES string of the molecule is COC(=O)C(CNC(C)c1nc(C)cs1)NC(C)=O. The summed E-state index contributed by atoms with van der Waals surface area (Å²) < 4.78 is 4.65. The van der Waals surface area contributed by atoms with E-state index in [1.807, 2.05) is 19.2 Å². The number of esters is 1. The van der Waals surface area contributed by atoms with E-state index >= 15 is 0 Å². The van der Waals surface area contributed by atoms with E-state index in [9.17, 15) is 9.59 Å². The molecule has 0 aliphatic carbocycles. The van der Waals surface area contributed by atoms with E-state index in [2.05, 4.69) is 20.4 Å². The Balaban J connectivity index is 2.55. The molecule has 1 aromatic heterocycles. The van der Waals surface area contributed by atoms with Crippen molar-refractivity contribution in [1.82, 2.24) is 15.6 Å². The fourth-order valence-corrected chi connectivity index (χ4v) is 2.36. The van der Waals surface area contributed by atoms with Crippen LogP contribution in [0.2, 0.25) is 0 Å². The molecule has 0 bridgehead atoms. The minimum Gasteiger partial charge on any atom is -0.467 e. The van der Waals surface area contributed by atoms with E-state index in [-0.39, 0.29) is 11.9 Å². The van der Waals surface area contributed by atoms with Crippen LogP contribution in [0.25, 0.3) is 0 Å². The van der Waals surface area contributed by atoms with E-state index < -0.39 is 12.0 Å². The van der Waals surface area contributed by atoms with Crippen molar-refractivity contribution in [3.63, 3.8) is 0 Å². The Morgan fingerprint density at radius 1 is 1.53 bits per heavy atom. The second-order valence-corrected chi connectivity index (χ2v) is 5.12. The molecule has 0 saturated carbocycles. The Bertz CT molecular complexity index is 447. The van der Waals surface area contributed by atoms with Crippen molar-refractivity contribution in [1.29, 1.82) is 0 Å². The Morgan fingerprint density at radius 2 is 2.21 bits per heavy atom. The number of rotatable bonds is 6. The van der Waals surface area contributed by atoms with Gasteiger partial charge >= 0.3 is 5.97 Å². The molecule has 1 amide bonds. The van der Waals surface area contributed by atoms with E-state index in [0.717, 1.165) is 10.7 Å². The summed E-state index contributed by atoms with van der Waals surface area (Å²) in [6.45, 7) is 5.55. The summed E-state index contributed by atoms with van der Waals surface area (Å²) in [5.41, 5.74) is 0.972. The molecule has 0 radical (unpaired) electrons. The van der Waals surface area contributed by atoms with Crippen LogP contribution in [0.1, 0.15) is 30.6 Å². The first kappa shape index (κ1) is 15.6. The third-order valence-corrected chi connectivity index (χ3v) is 3.64. The van der Waals surface area contributed by atoms with Gasteiger partial charge in [-0.1, -0.05) is 0 Å². The number of carbonyl (C=O) groups is 2. The van der Waals surface area contributed by atoms with Crippen LogP contribution in [-0.2, 0) is 14.3 Å². The number of nitrogens with zero attached hydrogens (tertiary/aromatic N) is 1. The molecular weight excluding hydrogens is 266 g/mol. The first-order valence-electron chi connectivity index (χ1n) is 5.94. The Kier molecular flexibility index (Phi) is 5.91. The van der Waals surface area contributed by atoms with E-state index in [4.69, 9.17) is 0 Å². The molecule has 19 heavy (non-hydrogen) atoms. The molecule has 0 fully saturated rings. The molecule has 2 N–H and O–H groups in total. The van der Waals surface area contributed by atoms with Crippen LogP contribution in [0, 0.1) is 6.92 Å². The zero-order chi connectivity index (χ0) is 14.4. The average Bonchev–Trinajstić information content (AvgIpc) is 2.79. The van der Waals surface area contributed by atoms with Crippen LogP contribution in [0.5, 0.6) is 0 Å². The minimum absolute atomic E-state index is 0.0135. The fraction of sp³-hybridized carbons (Fsp3) is 0.583. The molecule has 1 heterocycles. The first-order valence-corrected chi connectivity index (χ1v) is 6.82. The molecule has 0 aliphatic heterocycles. The molecule has 0 spiro atoms. The number of hydrogen-bond acceptors (Lipinski definition) is 6. The molecule has 7 heteroatoms. The molecule has 106 valence electrons. The van der Waals surface area contributed by atoms with Crippen LogP contribution in [-0.4, -0.2) is 36.6 Å². The number of aromatic nitrogens is 1. The van der Waals surface area contributed by atoms with E-state index in [1.165, 1.54) is 14.0 Å². The number of carbonyl (C=O) groups excluding carboxylic acids is 2. The standard InChI is InChI=1S/C12H19N3O3S/c1-7-6-19-11(14-7)8(2)13-5-10(12(17)18-4)15-9(3)16/h6,8,10,13H,5H2,1-4H3,(H,15,16). The lowest BCUT2D eigenvalue weighted by molar-refractivity contribution is -0.144. The van der Waals surface area contributed by atoms with Crippen molar-refractivity contribution >= 4 is 23.2 Å². The molecule has 0 aromatic carbocycles. The average molecular weight is 285 g/mol. The Hall–Kier alpha value is -1.47. The van der Waals surface area contributed by atoms with Crippen molar-refractivity contribution in [3.05, 3.63) is 16.1 Å². The van der Waals surface area contributed by atoms with Gasteiger partial charge in [-0.15, -0.1) is 11.3 Å². The van der Waals surface area contributed by atoms with E-state index in [1.54, 1.807) is 11.3 Å². The molecule has 0 saturated heterocycles. The van der Waals surface area contributed by atoms with Crippen molar-refractivity contribution in [2.45, 2.75) is 32.9 Å². The van der Waals surface area contributed by atoms with Gasteiger partial charge in [-0.05, 0) is 13.8 Å². The second kappa shape index (κ2) is 7.20. The number of amides is 1. The molecule has 1 rings (SSSR count). The maximum Gasteiger partial charge on any atom is 0.329 e. The largest absolute Gasteiger partial charge is 0.467 e. The van der Waals surface area contributed by atoms with Gasteiger partial charge < -0.3 is 15.4 Å². The highest BCUT2D eigenvalue weighted by molar-refractivity contribution is 7.09. The van der Waals surface area contributed by atoms with Crippen LogP contribution in [0.3, 0.4) is 0 Å². The van der Waals surface area contributed by atoms with Gasteiger partial charge in [-0.3, -0.25) is 4.79 Å². The van der Waals surface area contributed by atoms with Gasteiger partial charge in [0.1, 0.15) is 11.0 Å². The van der Waals surface area contributed by atoms with Crippen molar-refractivity contribution in [2.24, 2.45) is 0 Å². The summed E-state index contributed by atoms with van der Waals surface area (Å²) >= 11 is 1.56. The molecule has 2 atom stereocenters. The monoisotopic (exact) mass is 285 g/mol. The highest BCUT2D eigenvalue weighted by Gasteiger charge is 2.21. The quantitative estimate of drug-likeness (QED) is 0.755. The number of methoxy groups -OCH3 is 1. The summed E-state index contributed by atoms with van der Waals surface area (Å²) in [5, 5.41) is 8.63. The smallest absolute Gasteiger partial charge is 0.329 e. The van der Waals surface area contributed by atoms with Gasteiger partial charge in [0.05, 0.1) is 13.2 Å². The Morgan fingerprint density at radius 3 is 2.68 bits per heavy atom. The summed E-state index contributed by atoms with van der Waals surface area (Å²) in [4.78, 5) is 26.9. The molecule has 2 unspecified atom stereocenters. The lowest BCUT2D eigenvalue weighted by atomic mass is 10.2. The maximum absolute atomic E-state index is 11.5. The van der Waals surface area contributed by atoms with Crippen LogP contribution in [0.15, 0.2) is 5.38 Å². The van der Waals surface area contributed by atoms with Gasteiger partial charge in [0, 0.05) is 24.5 Å². The van der Waals surface area contributed by atoms with Crippen LogP contribution in [0.4, 0.5) is 0 Å². The first-order chi connectivity index (χ1) is 8.93. The second-order valence-electron chi connectivity index (χ2n) is 4.23. The summed E-state index contributed by atoms with van der Waals surface area (Å²) in [5.74, 6) is -0.736. The number of hydrogen-bond donors (Lipinski definition) is 2. The van der Waals surface area contributed by atoms with Gasteiger partial charge in [0.2, 0.25) is 5.91 Å². The summed E-state index contributed by atoms with van der Waals surface area (Å²) in [7, 11) is 1.30. The summed E-state index contributed by atoms with van der Waals surface area (Å²) in [6.07, 6.45) is 0. The van der Waals surface area contributed by atoms with Crippen molar-refractivity contribution in [2.75, 3.05) is 13.7 Å². The predicted molar refractivity (Wildman–Crippen MR) is 72.9 cm³/mol. The Labute approximate surface area is 116 Å². The number of thiazole rings is 1. The highest BCUT2D eigenvalue weighted by Crippen LogP contribution is 2.17. The molecule has 0 aliphatic rings. The fourth-order valence-electron chi connectivity index (χ4n) is 1.53. The minimum atomic E-state index is -0.689. The summed E-state index contributed by atoms with van der Waals surface area (Å²) in [6, 6.07) is -0.675. The molecule has 6 nitrogen and oxygen atoms in total. The third-order valence-electron chi connectivity index (χ3n) is 2.50. The van der Waals surface area contributed by atoms with Crippen LogP contribution < -0.4 is 10.6 Å². The lowest BCUT2D eigenvalue weighted by Gasteiger charge is -2.18.